The molecule has 0 saturated carbocycles. The number of hydrogen-bond acceptors (Lipinski definition) is 6. The molecule has 0 bridgehead atoms. The molecule has 0 fully saturated rings. The summed E-state index contributed by atoms with van der Waals surface area (Å²) in [6, 6.07) is 7.72. The maximum atomic E-state index is 13.1. The van der Waals surface area contributed by atoms with E-state index >= 15 is 0 Å². The van der Waals surface area contributed by atoms with Crippen LogP contribution in [0.3, 0.4) is 0 Å². The van der Waals surface area contributed by atoms with Gasteiger partial charge in [-0.05, 0) is 41.5 Å². The van der Waals surface area contributed by atoms with Crippen molar-refractivity contribution in [3.8, 4) is 0 Å². The topological polar surface area (TPSA) is 74.8 Å². The smallest absolute Gasteiger partial charge is 0.269 e. The summed E-state index contributed by atoms with van der Waals surface area (Å²) in [5, 5.41) is 15.5. The number of amides is 1. The van der Waals surface area contributed by atoms with Crippen LogP contribution in [-0.2, 0) is 11.2 Å². The van der Waals surface area contributed by atoms with Gasteiger partial charge in [-0.1, -0.05) is 28.1 Å². The van der Waals surface area contributed by atoms with Gasteiger partial charge in [0.05, 0.1) is 6.26 Å². The molecular formula is C16H17FN2O3S2. The Morgan fingerprint density at radius 3 is 2.92 bits per heavy atom. The highest BCUT2D eigenvalue weighted by Crippen LogP contribution is 2.33. The van der Waals surface area contributed by atoms with Crippen LogP contribution >= 0.6 is 21.6 Å². The van der Waals surface area contributed by atoms with Crippen LogP contribution in [0.25, 0.3) is 0 Å². The van der Waals surface area contributed by atoms with Crippen LogP contribution in [0.2, 0.25) is 0 Å². The largest absolute Gasteiger partial charge is 0.457 e. The molecule has 8 heteroatoms. The highest BCUT2D eigenvalue weighted by molar-refractivity contribution is 8.76. The molecule has 128 valence electrons. The van der Waals surface area contributed by atoms with Crippen molar-refractivity contribution >= 4 is 33.2 Å². The molecule has 1 heterocycles. The van der Waals surface area contributed by atoms with Gasteiger partial charge >= 0.3 is 0 Å². The molecular weight excluding hydrogens is 351 g/mol. The number of aryl methyl sites for hydroxylation is 1. The van der Waals surface area contributed by atoms with Crippen LogP contribution in [-0.4, -0.2) is 29.1 Å². The van der Waals surface area contributed by atoms with Gasteiger partial charge in [0.1, 0.15) is 11.5 Å². The summed E-state index contributed by atoms with van der Waals surface area (Å²) in [5.74, 6) is -0.205. The fourth-order valence-electron chi connectivity index (χ4n) is 1.85. The molecule has 0 aliphatic rings. The summed E-state index contributed by atoms with van der Waals surface area (Å²) in [5.41, 5.74) is 1.58. The van der Waals surface area contributed by atoms with E-state index in [1.165, 1.54) is 22.9 Å². The normalized spacial score (nSPS) is 11.5. The summed E-state index contributed by atoms with van der Waals surface area (Å²) in [6.45, 7) is 2.38. The van der Waals surface area contributed by atoms with Crippen molar-refractivity contribution in [2.45, 2.75) is 18.4 Å². The molecule has 0 unspecified atom stereocenters. The minimum atomic E-state index is -0.471. The van der Waals surface area contributed by atoms with Crippen molar-refractivity contribution in [2.75, 3.05) is 12.3 Å². The number of carbonyl (C=O) groups is 1. The molecule has 1 aromatic carbocycles. The fraction of sp³-hybridized carbons (Fsp3) is 0.250. The molecule has 5 nitrogen and oxygen atoms in total. The average Bonchev–Trinajstić information content (AvgIpc) is 2.97. The molecule has 2 N–H and O–H groups in total. The van der Waals surface area contributed by atoms with Crippen molar-refractivity contribution in [1.82, 2.24) is 5.32 Å². The zero-order valence-corrected chi connectivity index (χ0v) is 14.6. The number of benzene rings is 1. The van der Waals surface area contributed by atoms with Crippen LogP contribution in [0.1, 0.15) is 11.1 Å². The summed E-state index contributed by atoms with van der Waals surface area (Å²) in [4.78, 5) is 12.0. The van der Waals surface area contributed by atoms with E-state index in [0.717, 1.165) is 10.7 Å². The quantitative estimate of drug-likeness (QED) is 0.245. The van der Waals surface area contributed by atoms with E-state index in [1.54, 1.807) is 29.2 Å². The number of rotatable bonds is 8. The van der Waals surface area contributed by atoms with Gasteiger partial charge in [0.15, 0.2) is 5.09 Å². The lowest BCUT2D eigenvalue weighted by Gasteiger charge is -2.06. The van der Waals surface area contributed by atoms with Gasteiger partial charge < -0.3 is 14.9 Å². The van der Waals surface area contributed by atoms with Crippen molar-refractivity contribution in [1.29, 1.82) is 0 Å². The Balaban J connectivity index is 1.73. The first-order chi connectivity index (χ1) is 11.6. The van der Waals surface area contributed by atoms with E-state index in [0.29, 0.717) is 17.9 Å². The Bertz CT molecular complexity index is 719. The Labute approximate surface area is 147 Å². The van der Waals surface area contributed by atoms with Crippen molar-refractivity contribution in [3.63, 3.8) is 0 Å². The molecule has 0 saturated heterocycles. The number of oxime groups is 1. The zero-order valence-electron chi connectivity index (χ0n) is 13.0. The summed E-state index contributed by atoms with van der Waals surface area (Å²) in [6.07, 6.45) is 1.70. The molecule has 0 spiro atoms. The SMILES string of the molecule is Cc1ccoc1SSCCNC(=O)/C(Cc1cccc(F)c1)=N/O. The van der Waals surface area contributed by atoms with E-state index in [1.807, 2.05) is 13.0 Å². The van der Waals surface area contributed by atoms with Crippen LogP contribution in [0.5, 0.6) is 0 Å². The molecule has 1 amide bonds. The molecule has 0 aliphatic carbocycles. The summed E-state index contributed by atoms with van der Waals surface area (Å²) in [7, 11) is 3.05. The third-order valence-corrected chi connectivity index (χ3v) is 5.43. The van der Waals surface area contributed by atoms with E-state index in [4.69, 9.17) is 9.62 Å². The average molecular weight is 368 g/mol. The second kappa shape index (κ2) is 9.39. The van der Waals surface area contributed by atoms with Crippen LogP contribution in [0.15, 0.2) is 51.3 Å². The lowest BCUT2D eigenvalue weighted by Crippen LogP contribution is -2.33. The van der Waals surface area contributed by atoms with Gasteiger partial charge in [-0.3, -0.25) is 4.79 Å². The van der Waals surface area contributed by atoms with Crippen molar-refractivity contribution < 1.29 is 18.8 Å². The minimum Gasteiger partial charge on any atom is -0.457 e. The van der Waals surface area contributed by atoms with Gasteiger partial charge in [0.25, 0.3) is 5.91 Å². The standard InChI is InChI=1S/C16H17FN2O3S2/c1-11-5-7-22-16(11)24-23-8-6-18-15(20)14(19-21)10-12-3-2-4-13(17)9-12/h2-5,7,9,21H,6,8,10H2,1H3,(H,18,20)/b19-14+. The molecule has 2 rings (SSSR count). The first-order valence-electron chi connectivity index (χ1n) is 7.17. The minimum absolute atomic E-state index is 0.0554. The Kier molecular flexibility index (Phi) is 7.20. The number of nitrogens with one attached hydrogen (secondary N) is 1. The van der Waals surface area contributed by atoms with Gasteiger partial charge in [-0.2, -0.15) is 0 Å². The van der Waals surface area contributed by atoms with Crippen molar-refractivity contribution in [3.05, 3.63) is 53.5 Å². The maximum Gasteiger partial charge on any atom is 0.269 e. The molecule has 0 radical (unpaired) electrons. The van der Waals surface area contributed by atoms with Gasteiger partial charge in [0, 0.05) is 24.3 Å². The number of halogens is 1. The Hall–Kier alpha value is -1.93. The predicted molar refractivity (Wildman–Crippen MR) is 94.1 cm³/mol. The molecule has 24 heavy (non-hydrogen) atoms. The lowest BCUT2D eigenvalue weighted by atomic mass is 10.1. The Morgan fingerprint density at radius 2 is 2.25 bits per heavy atom. The first kappa shape index (κ1) is 18.4. The van der Waals surface area contributed by atoms with Gasteiger partial charge in [-0.15, -0.1) is 0 Å². The molecule has 2 aromatic rings. The van der Waals surface area contributed by atoms with Crippen molar-refractivity contribution in [2.24, 2.45) is 5.16 Å². The molecule has 1 aromatic heterocycles. The highest BCUT2D eigenvalue weighted by atomic mass is 33.1. The number of nitrogens with zero attached hydrogens (tertiary/aromatic N) is 1. The zero-order chi connectivity index (χ0) is 17.4. The van der Waals surface area contributed by atoms with Crippen LogP contribution < -0.4 is 5.32 Å². The molecule has 0 atom stereocenters. The second-order valence-corrected chi connectivity index (χ2v) is 7.29. The van der Waals surface area contributed by atoms with Crippen LogP contribution in [0, 0.1) is 12.7 Å². The molecule has 0 aliphatic heterocycles. The predicted octanol–water partition coefficient (Wildman–Crippen LogP) is 3.66. The summed E-state index contributed by atoms with van der Waals surface area (Å²) < 4.78 is 18.4. The highest BCUT2D eigenvalue weighted by Gasteiger charge is 2.13. The third kappa shape index (κ3) is 5.61. The van der Waals surface area contributed by atoms with E-state index < -0.39 is 11.7 Å². The van der Waals surface area contributed by atoms with Gasteiger partial charge in [-0.25, -0.2) is 4.39 Å². The first-order valence-corrected chi connectivity index (χ1v) is 9.49. The van der Waals surface area contributed by atoms with E-state index in [2.05, 4.69) is 10.5 Å². The number of furan rings is 1. The van der Waals surface area contributed by atoms with Crippen LogP contribution in [0.4, 0.5) is 4.39 Å². The van der Waals surface area contributed by atoms with E-state index in [9.17, 15) is 9.18 Å². The van der Waals surface area contributed by atoms with Gasteiger partial charge in [0.2, 0.25) is 0 Å². The third-order valence-electron chi connectivity index (χ3n) is 3.06. The Morgan fingerprint density at radius 1 is 1.42 bits per heavy atom. The fourth-order valence-corrected chi connectivity index (χ4v) is 3.85. The second-order valence-electron chi connectivity index (χ2n) is 4.91. The monoisotopic (exact) mass is 368 g/mol. The number of hydrogen-bond donors (Lipinski definition) is 2. The summed E-state index contributed by atoms with van der Waals surface area (Å²) >= 11 is 0. The van der Waals surface area contributed by atoms with E-state index in [-0.39, 0.29) is 12.1 Å². The maximum absolute atomic E-state index is 13.1. The lowest BCUT2D eigenvalue weighted by molar-refractivity contribution is -0.114. The number of carbonyl (C=O) groups excluding carboxylic acids is 1.